The van der Waals surface area contributed by atoms with Crippen LogP contribution in [0.1, 0.15) is 21.5 Å². The highest BCUT2D eigenvalue weighted by molar-refractivity contribution is 9.10. The van der Waals surface area contributed by atoms with Crippen molar-refractivity contribution in [2.75, 3.05) is 0 Å². The maximum Gasteiger partial charge on any atom is 0.153 e. The third kappa shape index (κ3) is 3.35. The fourth-order valence-corrected chi connectivity index (χ4v) is 2.04. The van der Waals surface area contributed by atoms with Gasteiger partial charge >= 0.3 is 0 Å². The van der Waals surface area contributed by atoms with Crippen LogP contribution in [0.2, 0.25) is 5.02 Å². The van der Waals surface area contributed by atoms with Crippen LogP contribution in [0, 0.1) is 11.3 Å². The van der Waals surface area contributed by atoms with E-state index in [0.717, 1.165) is 5.56 Å². The first-order valence-corrected chi connectivity index (χ1v) is 6.72. The van der Waals surface area contributed by atoms with Crippen molar-refractivity contribution in [2.24, 2.45) is 0 Å². The molecular weight excluding hydrogens is 344 g/mol. The summed E-state index contributed by atoms with van der Waals surface area (Å²) in [6.07, 6.45) is 3.75. The highest BCUT2D eigenvalue weighted by Crippen LogP contribution is 2.30. The van der Waals surface area contributed by atoms with Crippen LogP contribution in [0.15, 0.2) is 35.1 Å². The number of aromatic nitrogens is 1. The number of halogens is 2. The Labute approximate surface area is 129 Å². The third-order valence-electron chi connectivity index (χ3n) is 2.50. The largest absolute Gasteiger partial charge is 0.488 e. The van der Waals surface area contributed by atoms with Gasteiger partial charge in [0.2, 0.25) is 0 Å². The second kappa shape index (κ2) is 6.51. The topological polar surface area (TPSA) is 63.0 Å². The van der Waals surface area contributed by atoms with E-state index in [1.807, 2.05) is 6.07 Å². The Morgan fingerprint density at radius 3 is 2.90 bits per heavy atom. The van der Waals surface area contributed by atoms with E-state index < -0.39 is 0 Å². The highest BCUT2D eigenvalue weighted by Gasteiger charge is 2.08. The lowest BCUT2D eigenvalue weighted by molar-refractivity contribution is 0.111. The smallest absolute Gasteiger partial charge is 0.153 e. The van der Waals surface area contributed by atoms with Crippen molar-refractivity contribution in [3.05, 3.63) is 56.8 Å². The van der Waals surface area contributed by atoms with Gasteiger partial charge in [-0.3, -0.25) is 9.78 Å². The molecule has 0 aliphatic carbocycles. The van der Waals surface area contributed by atoms with Gasteiger partial charge in [-0.05, 0) is 34.1 Å². The summed E-state index contributed by atoms with van der Waals surface area (Å²) in [4.78, 5) is 14.9. The van der Waals surface area contributed by atoms with Crippen LogP contribution < -0.4 is 4.74 Å². The normalized spacial score (nSPS) is 9.85. The molecule has 0 aliphatic heterocycles. The predicted octanol–water partition coefficient (Wildman–Crippen LogP) is 3.76. The van der Waals surface area contributed by atoms with Crippen molar-refractivity contribution in [2.45, 2.75) is 6.61 Å². The lowest BCUT2D eigenvalue weighted by atomic mass is 10.2. The van der Waals surface area contributed by atoms with Crippen LogP contribution in [-0.2, 0) is 6.61 Å². The minimum Gasteiger partial charge on any atom is -0.488 e. The molecule has 2 aromatic rings. The van der Waals surface area contributed by atoms with Crippen molar-refractivity contribution in [3.63, 3.8) is 0 Å². The first kappa shape index (κ1) is 14.5. The van der Waals surface area contributed by atoms with Crippen LogP contribution in [0.3, 0.4) is 0 Å². The van der Waals surface area contributed by atoms with Crippen molar-refractivity contribution in [3.8, 4) is 11.8 Å². The Morgan fingerprint density at radius 1 is 1.40 bits per heavy atom. The molecule has 2 rings (SSSR count). The summed E-state index contributed by atoms with van der Waals surface area (Å²) < 4.78 is 6.22. The van der Waals surface area contributed by atoms with Crippen LogP contribution in [0.25, 0.3) is 0 Å². The van der Waals surface area contributed by atoms with E-state index in [4.69, 9.17) is 21.6 Å². The number of aldehydes is 1. The first-order valence-electron chi connectivity index (χ1n) is 5.55. The molecule has 1 aromatic carbocycles. The molecule has 20 heavy (non-hydrogen) atoms. The molecule has 0 fully saturated rings. The zero-order valence-corrected chi connectivity index (χ0v) is 12.5. The van der Waals surface area contributed by atoms with Crippen molar-refractivity contribution >= 4 is 33.8 Å². The molecular formula is C14H8BrClN2O2. The minimum absolute atomic E-state index is 0.206. The summed E-state index contributed by atoms with van der Waals surface area (Å²) in [5.74, 6) is 0.415. The highest BCUT2D eigenvalue weighted by atomic mass is 79.9. The number of carbonyl (C=O) groups is 1. The number of pyridine rings is 1. The summed E-state index contributed by atoms with van der Waals surface area (Å²) in [5, 5.41) is 9.24. The monoisotopic (exact) mass is 350 g/mol. The molecule has 0 amide bonds. The fraction of sp³-hybridized carbons (Fsp3) is 0.0714. The molecule has 100 valence electrons. The number of rotatable bonds is 4. The van der Waals surface area contributed by atoms with Gasteiger partial charge < -0.3 is 4.74 Å². The Bertz CT molecular complexity index is 698. The molecule has 0 unspecified atom stereocenters. The minimum atomic E-state index is 0.206. The molecule has 1 heterocycles. The number of hydrogen-bond donors (Lipinski definition) is 0. The van der Waals surface area contributed by atoms with Gasteiger partial charge in [-0.15, -0.1) is 0 Å². The Hall–Kier alpha value is -1.90. The van der Waals surface area contributed by atoms with Crippen molar-refractivity contribution in [1.29, 1.82) is 5.26 Å². The maximum absolute atomic E-state index is 11.0. The van der Waals surface area contributed by atoms with E-state index in [1.165, 1.54) is 12.3 Å². The molecule has 0 saturated carbocycles. The lowest BCUT2D eigenvalue weighted by Gasteiger charge is -2.10. The molecule has 0 bridgehead atoms. The molecule has 0 spiro atoms. The summed E-state index contributed by atoms with van der Waals surface area (Å²) in [6, 6.07) is 6.84. The van der Waals surface area contributed by atoms with Gasteiger partial charge in [0.05, 0.1) is 16.1 Å². The Balaban J connectivity index is 2.20. The molecule has 0 saturated heterocycles. The van der Waals surface area contributed by atoms with E-state index in [0.29, 0.717) is 32.7 Å². The average Bonchev–Trinajstić information content (AvgIpc) is 2.48. The number of ether oxygens (including phenoxy) is 1. The van der Waals surface area contributed by atoms with E-state index in [-0.39, 0.29) is 6.61 Å². The van der Waals surface area contributed by atoms with Crippen LogP contribution >= 0.6 is 27.5 Å². The van der Waals surface area contributed by atoms with Gasteiger partial charge in [-0.25, -0.2) is 0 Å². The number of nitriles is 1. The van der Waals surface area contributed by atoms with Crippen LogP contribution in [0.5, 0.6) is 5.75 Å². The first-order chi connectivity index (χ1) is 9.63. The van der Waals surface area contributed by atoms with Crippen LogP contribution in [0.4, 0.5) is 0 Å². The Morgan fingerprint density at radius 2 is 2.20 bits per heavy atom. The summed E-state index contributed by atoms with van der Waals surface area (Å²) in [6.45, 7) is 0.206. The van der Waals surface area contributed by atoms with Crippen molar-refractivity contribution in [1.82, 2.24) is 4.98 Å². The molecule has 0 aliphatic rings. The van der Waals surface area contributed by atoms with E-state index in [9.17, 15) is 4.79 Å². The second-order valence-corrected chi connectivity index (χ2v) is 5.17. The quantitative estimate of drug-likeness (QED) is 0.787. The van der Waals surface area contributed by atoms with E-state index in [2.05, 4.69) is 20.9 Å². The zero-order valence-electron chi connectivity index (χ0n) is 10.1. The number of nitrogens with zero attached hydrogens (tertiary/aromatic N) is 2. The van der Waals surface area contributed by atoms with Gasteiger partial charge in [0, 0.05) is 22.4 Å². The van der Waals surface area contributed by atoms with Gasteiger partial charge in [0.15, 0.2) is 6.29 Å². The molecule has 6 heteroatoms. The van der Waals surface area contributed by atoms with Gasteiger partial charge in [-0.2, -0.15) is 5.26 Å². The van der Waals surface area contributed by atoms with Gasteiger partial charge in [0.25, 0.3) is 0 Å². The maximum atomic E-state index is 11.0. The molecule has 0 radical (unpaired) electrons. The number of benzene rings is 1. The summed E-state index contributed by atoms with van der Waals surface area (Å²) >= 11 is 9.19. The predicted molar refractivity (Wildman–Crippen MR) is 77.8 cm³/mol. The van der Waals surface area contributed by atoms with Crippen LogP contribution in [-0.4, -0.2) is 11.3 Å². The van der Waals surface area contributed by atoms with Gasteiger partial charge in [-0.1, -0.05) is 11.6 Å². The third-order valence-corrected chi connectivity index (χ3v) is 3.70. The molecule has 0 N–H and O–H groups in total. The summed E-state index contributed by atoms with van der Waals surface area (Å²) in [5.41, 5.74) is 1.56. The molecule has 1 aromatic heterocycles. The lowest BCUT2D eigenvalue weighted by Crippen LogP contribution is -1.99. The fourth-order valence-electron chi connectivity index (χ4n) is 1.55. The SMILES string of the molecule is N#Cc1cncc(COc2cc(Br)c(Cl)cc2C=O)c1. The summed E-state index contributed by atoms with van der Waals surface area (Å²) in [7, 11) is 0. The van der Waals surface area contributed by atoms with E-state index >= 15 is 0 Å². The number of carbonyl (C=O) groups excluding carboxylic acids is 1. The standard InChI is InChI=1S/C14H8BrClN2O2/c15-12-3-14(11(7-19)2-13(12)16)20-8-10-1-9(4-17)5-18-6-10/h1-3,5-7H,8H2. The zero-order chi connectivity index (χ0) is 14.5. The molecule has 0 atom stereocenters. The average molecular weight is 352 g/mol. The van der Waals surface area contributed by atoms with Gasteiger partial charge in [0.1, 0.15) is 18.4 Å². The second-order valence-electron chi connectivity index (χ2n) is 3.90. The number of hydrogen-bond acceptors (Lipinski definition) is 4. The Kier molecular flexibility index (Phi) is 4.72. The molecule has 4 nitrogen and oxygen atoms in total. The van der Waals surface area contributed by atoms with Crippen molar-refractivity contribution < 1.29 is 9.53 Å². The van der Waals surface area contributed by atoms with E-state index in [1.54, 1.807) is 18.3 Å².